The van der Waals surface area contributed by atoms with Crippen LogP contribution in [0.1, 0.15) is 54.6 Å². The third-order valence-corrected chi connectivity index (χ3v) is 5.05. The van der Waals surface area contributed by atoms with Crippen molar-refractivity contribution in [3.05, 3.63) is 89.1 Å². The molecule has 7 heteroatoms. The summed E-state index contributed by atoms with van der Waals surface area (Å²) in [6.45, 7) is 7.09. The molecule has 0 atom stereocenters. The van der Waals surface area contributed by atoms with Crippen LogP contribution in [0, 0.1) is 11.2 Å². The zero-order valence-electron chi connectivity index (χ0n) is 19.3. The summed E-state index contributed by atoms with van der Waals surface area (Å²) in [4.78, 5) is 27.1. The van der Waals surface area contributed by atoms with Crippen LogP contribution in [0.2, 0.25) is 0 Å². The summed E-state index contributed by atoms with van der Waals surface area (Å²) < 4.78 is 18.4. The van der Waals surface area contributed by atoms with Crippen LogP contribution in [0.25, 0.3) is 0 Å². The van der Waals surface area contributed by atoms with Gasteiger partial charge in [-0.2, -0.15) is 0 Å². The van der Waals surface area contributed by atoms with E-state index in [2.05, 4.69) is 10.5 Å². The van der Waals surface area contributed by atoms with Gasteiger partial charge in [0, 0.05) is 25.6 Å². The molecule has 0 fully saturated rings. The lowest BCUT2D eigenvalue weighted by atomic mass is 9.91. The summed E-state index contributed by atoms with van der Waals surface area (Å²) in [7, 11) is 0. The predicted octanol–water partition coefficient (Wildman–Crippen LogP) is 4.75. The van der Waals surface area contributed by atoms with Crippen molar-refractivity contribution in [3.8, 4) is 0 Å². The highest BCUT2D eigenvalue weighted by atomic mass is 19.1. The Balaban J connectivity index is 1.63. The SMILES string of the molecule is CC(C)(C)CC(=O)N(CCc1ccccc1)Cc1cc(C(=O)NCc2ccc(F)cc2)no1. The lowest BCUT2D eigenvalue weighted by molar-refractivity contribution is -0.134. The number of carbonyl (C=O) groups excluding carboxylic acids is 2. The number of benzene rings is 2. The van der Waals surface area contributed by atoms with Gasteiger partial charge in [0.25, 0.3) is 5.91 Å². The van der Waals surface area contributed by atoms with E-state index < -0.39 is 5.91 Å². The average Bonchev–Trinajstić information content (AvgIpc) is 3.24. The first kappa shape index (κ1) is 24.2. The topological polar surface area (TPSA) is 75.4 Å². The maximum atomic E-state index is 13.0. The minimum Gasteiger partial charge on any atom is -0.359 e. The Morgan fingerprint density at radius 2 is 1.73 bits per heavy atom. The minimum atomic E-state index is -0.397. The smallest absolute Gasteiger partial charge is 0.273 e. The summed E-state index contributed by atoms with van der Waals surface area (Å²) >= 11 is 0. The summed E-state index contributed by atoms with van der Waals surface area (Å²) in [5.74, 6) is -0.260. The molecule has 0 aliphatic heterocycles. The summed E-state index contributed by atoms with van der Waals surface area (Å²) in [6, 6.07) is 17.4. The van der Waals surface area contributed by atoms with Gasteiger partial charge in [-0.15, -0.1) is 0 Å². The molecule has 33 heavy (non-hydrogen) atoms. The fourth-order valence-corrected chi connectivity index (χ4v) is 3.32. The maximum Gasteiger partial charge on any atom is 0.273 e. The summed E-state index contributed by atoms with van der Waals surface area (Å²) in [6.07, 6.45) is 1.12. The molecule has 1 aromatic heterocycles. The average molecular weight is 452 g/mol. The van der Waals surface area contributed by atoms with Crippen molar-refractivity contribution in [2.45, 2.75) is 46.7 Å². The highest BCUT2D eigenvalue weighted by molar-refractivity contribution is 5.92. The normalized spacial score (nSPS) is 11.3. The van der Waals surface area contributed by atoms with E-state index in [9.17, 15) is 14.0 Å². The van der Waals surface area contributed by atoms with Crippen LogP contribution in [-0.2, 0) is 24.3 Å². The zero-order chi connectivity index (χ0) is 23.8. The van der Waals surface area contributed by atoms with Crippen molar-refractivity contribution in [2.75, 3.05) is 6.54 Å². The van der Waals surface area contributed by atoms with E-state index in [1.807, 2.05) is 51.1 Å². The van der Waals surface area contributed by atoms with Gasteiger partial charge in [-0.1, -0.05) is 68.4 Å². The quantitative estimate of drug-likeness (QED) is 0.509. The molecule has 2 aromatic carbocycles. The van der Waals surface area contributed by atoms with Gasteiger partial charge in [0.05, 0.1) is 6.54 Å². The minimum absolute atomic E-state index is 0.0251. The van der Waals surface area contributed by atoms with E-state index in [0.717, 1.165) is 17.5 Å². The maximum absolute atomic E-state index is 13.0. The first-order valence-corrected chi connectivity index (χ1v) is 11.0. The number of hydrogen-bond acceptors (Lipinski definition) is 4. The van der Waals surface area contributed by atoms with Crippen molar-refractivity contribution in [3.63, 3.8) is 0 Å². The molecule has 0 bridgehead atoms. The van der Waals surface area contributed by atoms with Gasteiger partial charge in [-0.25, -0.2) is 4.39 Å². The highest BCUT2D eigenvalue weighted by Gasteiger charge is 2.23. The molecule has 1 N–H and O–H groups in total. The predicted molar refractivity (Wildman–Crippen MR) is 124 cm³/mol. The molecule has 0 spiro atoms. The first-order chi connectivity index (χ1) is 15.7. The number of nitrogens with one attached hydrogen (secondary N) is 1. The van der Waals surface area contributed by atoms with Gasteiger partial charge in [0.1, 0.15) is 5.82 Å². The van der Waals surface area contributed by atoms with Crippen molar-refractivity contribution in [2.24, 2.45) is 5.41 Å². The fourth-order valence-electron chi connectivity index (χ4n) is 3.32. The van der Waals surface area contributed by atoms with E-state index in [-0.39, 0.29) is 35.9 Å². The van der Waals surface area contributed by atoms with E-state index in [0.29, 0.717) is 18.7 Å². The number of carbonyl (C=O) groups is 2. The zero-order valence-corrected chi connectivity index (χ0v) is 19.3. The Kier molecular flexibility index (Phi) is 7.98. The van der Waals surface area contributed by atoms with Crippen LogP contribution in [-0.4, -0.2) is 28.4 Å². The second-order valence-electron chi connectivity index (χ2n) is 9.28. The van der Waals surface area contributed by atoms with Crippen LogP contribution >= 0.6 is 0 Å². The number of halogens is 1. The van der Waals surface area contributed by atoms with Crippen LogP contribution in [0.5, 0.6) is 0 Å². The van der Waals surface area contributed by atoms with E-state index in [1.165, 1.54) is 12.1 Å². The van der Waals surface area contributed by atoms with Gasteiger partial charge < -0.3 is 14.7 Å². The molecule has 0 unspecified atom stereocenters. The number of amides is 2. The molecule has 0 saturated heterocycles. The van der Waals surface area contributed by atoms with Crippen molar-refractivity contribution >= 4 is 11.8 Å². The third-order valence-electron chi connectivity index (χ3n) is 5.05. The van der Waals surface area contributed by atoms with Crippen LogP contribution in [0.3, 0.4) is 0 Å². The van der Waals surface area contributed by atoms with Crippen molar-refractivity contribution in [1.29, 1.82) is 0 Å². The largest absolute Gasteiger partial charge is 0.359 e. The molecule has 0 aliphatic carbocycles. The molecule has 174 valence electrons. The number of hydrogen-bond donors (Lipinski definition) is 1. The third kappa shape index (κ3) is 7.86. The molecular formula is C26H30FN3O3. The molecule has 1 heterocycles. The van der Waals surface area contributed by atoms with Crippen molar-refractivity contribution < 1.29 is 18.5 Å². The van der Waals surface area contributed by atoms with E-state index >= 15 is 0 Å². The highest BCUT2D eigenvalue weighted by Crippen LogP contribution is 2.21. The molecular weight excluding hydrogens is 421 g/mol. The molecule has 3 aromatic rings. The Morgan fingerprint density at radius 1 is 1.03 bits per heavy atom. The Labute approximate surface area is 193 Å². The van der Waals surface area contributed by atoms with Gasteiger partial charge in [-0.05, 0) is 35.1 Å². The molecule has 0 aliphatic rings. The Morgan fingerprint density at radius 3 is 2.39 bits per heavy atom. The monoisotopic (exact) mass is 451 g/mol. The molecule has 2 amide bonds. The molecule has 3 rings (SSSR count). The summed E-state index contributed by atoms with van der Waals surface area (Å²) in [5, 5.41) is 6.60. The van der Waals surface area contributed by atoms with Gasteiger partial charge in [0.2, 0.25) is 5.91 Å². The lowest BCUT2D eigenvalue weighted by Gasteiger charge is -2.26. The van der Waals surface area contributed by atoms with Crippen LogP contribution in [0.4, 0.5) is 4.39 Å². The van der Waals surface area contributed by atoms with E-state index in [1.54, 1.807) is 23.1 Å². The van der Waals surface area contributed by atoms with Crippen LogP contribution in [0.15, 0.2) is 65.2 Å². The summed E-state index contributed by atoms with van der Waals surface area (Å²) in [5.41, 5.74) is 1.91. The van der Waals surface area contributed by atoms with Crippen molar-refractivity contribution in [1.82, 2.24) is 15.4 Å². The molecule has 0 saturated carbocycles. The van der Waals surface area contributed by atoms with E-state index in [4.69, 9.17) is 4.52 Å². The Bertz CT molecular complexity index is 1060. The second-order valence-corrected chi connectivity index (χ2v) is 9.28. The first-order valence-electron chi connectivity index (χ1n) is 11.0. The molecule has 0 radical (unpaired) electrons. The lowest BCUT2D eigenvalue weighted by Crippen LogP contribution is -2.34. The molecule has 6 nitrogen and oxygen atoms in total. The standard InChI is InChI=1S/C26H30FN3O3/c1-26(2,3)16-24(31)30(14-13-19-7-5-4-6-8-19)18-22-15-23(29-33-22)25(32)28-17-20-9-11-21(27)12-10-20/h4-12,15H,13-14,16-18H2,1-3H3,(H,28,32). The van der Waals surface area contributed by atoms with Gasteiger partial charge in [0.15, 0.2) is 11.5 Å². The number of nitrogens with zero attached hydrogens (tertiary/aromatic N) is 2. The van der Waals surface area contributed by atoms with Crippen LogP contribution < -0.4 is 5.32 Å². The number of rotatable bonds is 9. The second kappa shape index (κ2) is 10.9. The Hall–Kier alpha value is -3.48. The van der Waals surface area contributed by atoms with Gasteiger partial charge >= 0.3 is 0 Å². The fraction of sp³-hybridized carbons (Fsp3) is 0.346. The van der Waals surface area contributed by atoms with Gasteiger partial charge in [-0.3, -0.25) is 9.59 Å². The number of aromatic nitrogens is 1.